The molecule has 1 amide bonds. The first kappa shape index (κ1) is 14.3. The number of hydrogen-bond donors (Lipinski definition) is 1. The van der Waals surface area contributed by atoms with Crippen molar-refractivity contribution in [1.29, 1.82) is 0 Å². The molecule has 0 fully saturated rings. The van der Waals surface area contributed by atoms with Crippen LogP contribution in [0.5, 0.6) is 0 Å². The molecule has 2 aromatic rings. The van der Waals surface area contributed by atoms with Crippen LogP contribution in [0.25, 0.3) is 0 Å². The van der Waals surface area contributed by atoms with Crippen LogP contribution >= 0.6 is 0 Å². The Morgan fingerprint density at radius 2 is 2.05 bits per heavy atom. The van der Waals surface area contributed by atoms with Crippen molar-refractivity contribution in [2.45, 2.75) is 32.8 Å². The molecule has 1 aliphatic heterocycles. The van der Waals surface area contributed by atoms with Crippen molar-refractivity contribution in [3.8, 4) is 0 Å². The van der Waals surface area contributed by atoms with Crippen molar-refractivity contribution < 1.29 is 18.8 Å². The number of fused-ring (bicyclic) bond motifs is 1. The van der Waals surface area contributed by atoms with E-state index < -0.39 is 17.5 Å². The minimum absolute atomic E-state index is 0.324. The Bertz CT molecular complexity index is 746. The second-order valence-corrected chi connectivity index (χ2v) is 5.61. The van der Waals surface area contributed by atoms with Crippen LogP contribution < -0.4 is 5.32 Å². The molecule has 0 saturated heterocycles. The minimum atomic E-state index is -1.26. The van der Waals surface area contributed by atoms with Crippen LogP contribution in [-0.4, -0.2) is 22.6 Å². The van der Waals surface area contributed by atoms with Crippen LogP contribution in [-0.2, 0) is 16.0 Å². The van der Waals surface area contributed by atoms with Gasteiger partial charge in [0.25, 0.3) is 5.91 Å². The van der Waals surface area contributed by atoms with Crippen LogP contribution in [0, 0.1) is 13.8 Å². The van der Waals surface area contributed by atoms with E-state index in [-0.39, 0.29) is 0 Å². The average molecular weight is 300 g/mol. The minimum Gasteiger partial charge on any atom is -0.445 e. The molecule has 1 atom stereocenters. The molecule has 0 spiro atoms. The summed E-state index contributed by atoms with van der Waals surface area (Å²) in [5.41, 5.74) is 1.14. The van der Waals surface area contributed by atoms with E-state index in [1.165, 1.54) is 0 Å². The third kappa shape index (κ3) is 2.26. The summed E-state index contributed by atoms with van der Waals surface area (Å²) in [6, 6.07) is 7.14. The van der Waals surface area contributed by atoms with E-state index in [0.29, 0.717) is 29.1 Å². The number of aryl methyl sites for hydroxylation is 2. The van der Waals surface area contributed by atoms with Gasteiger partial charge in [0.15, 0.2) is 11.4 Å². The number of cyclic esters (lactones) is 1. The highest BCUT2D eigenvalue weighted by atomic mass is 16.6. The van der Waals surface area contributed by atoms with Crippen molar-refractivity contribution in [1.82, 2.24) is 5.16 Å². The first-order chi connectivity index (χ1) is 10.4. The van der Waals surface area contributed by atoms with Gasteiger partial charge in [0, 0.05) is 6.42 Å². The Kier molecular flexibility index (Phi) is 3.24. The molecule has 1 aliphatic rings. The van der Waals surface area contributed by atoms with Crippen molar-refractivity contribution in [3.63, 3.8) is 0 Å². The Morgan fingerprint density at radius 1 is 1.32 bits per heavy atom. The number of hydrogen-bond acceptors (Lipinski definition) is 5. The van der Waals surface area contributed by atoms with E-state index in [4.69, 9.17) is 9.26 Å². The number of amides is 1. The summed E-state index contributed by atoms with van der Waals surface area (Å²) in [5, 5.41) is 6.54. The predicted octanol–water partition coefficient (Wildman–Crippen LogP) is 2.40. The van der Waals surface area contributed by atoms with Gasteiger partial charge in [0.05, 0.1) is 5.56 Å². The summed E-state index contributed by atoms with van der Waals surface area (Å²) in [6.07, 6.45) is 0.324. The maximum atomic E-state index is 12.6. The number of nitrogens with zero attached hydrogens (tertiary/aromatic N) is 1. The number of carbonyl (C=O) groups excluding carboxylic acids is 2. The van der Waals surface area contributed by atoms with E-state index in [1.807, 2.05) is 12.1 Å². The zero-order valence-electron chi connectivity index (χ0n) is 12.6. The second kappa shape index (κ2) is 4.98. The van der Waals surface area contributed by atoms with E-state index in [1.54, 1.807) is 32.9 Å². The van der Waals surface area contributed by atoms with Crippen LogP contribution in [0.15, 0.2) is 28.8 Å². The van der Waals surface area contributed by atoms with E-state index in [2.05, 4.69) is 10.5 Å². The highest BCUT2D eigenvalue weighted by molar-refractivity contribution is 6.02. The van der Waals surface area contributed by atoms with Gasteiger partial charge in [0.2, 0.25) is 0 Å². The Labute approximate surface area is 127 Å². The summed E-state index contributed by atoms with van der Waals surface area (Å²) < 4.78 is 10.4. The molecule has 1 aromatic carbocycles. The molecule has 0 saturated carbocycles. The van der Waals surface area contributed by atoms with Gasteiger partial charge in [0.1, 0.15) is 11.4 Å². The molecule has 2 heterocycles. The Morgan fingerprint density at radius 3 is 2.73 bits per heavy atom. The number of rotatable bonds is 2. The summed E-state index contributed by atoms with van der Waals surface area (Å²) in [7, 11) is 0. The lowest BCUT2D eigenvalue weighted by atomic mass is 9.89. The van der Waals surface area contributed by atoms with Gasteiger partial charge in [-0.15, -0.1) is 0 Å². The number of aromatic nitrogens is 1. The predicted molar refractivity (Wildman–Crippen MR) is 78.6 cm³/mol. The summed E-state index contributed by atoms with van der Waals surface area (Å²) in [6.45, 7) is 5.05. The van der Waals surface area contributed by atoms with Gasteiger partial charge in [-0.1, -0.05) is 23.4 Å². The zero-order chi connectivity index (χ0) is 15.9. The van der Waals surface area contributed by atoms with Gasteiger partial charge >= 0.3 is 5.97 Å². The van der Waals surface area contributed by atoms with Gasteiger partial charge in [-0.05, 0) is 32.4 Å². The Balaban J connectivity index is 1.88. The average Bonchev–Trinajstić information content (AvgIpc) is 2.79. The number of ether oxygens (including phenoxy) is 1. The number of anilines is 1. The molecule has 114 valence electrons. The van der Waals surface area contributed by atoms with Crippen molar-refractivity contribution >= 4 is 17.6 Å². The van der Waals surface area contributed by atoms with Gasteiger partial charge in [-0.25, -0.2) is 4.79 Å². The first-order valence-electron chi connectivity index (χ1n) is 6.96. The monoisotopic (exact) mass is 300 g/mol. The van der Waals surface area contributed by atoms with Crippen molar-refractivity contribution in [2.75, 3.05) is 5.32 Å². The molecular weight excluding hydrogens is 284 g/mol. The molecule has 22 heavy (non-hydrogen) atoms. The SMILES string of the molecule is Cc1noc(C)c1NC(=O)C1(C)Cc2ccccc2C(=O)O1. The lowest BCUT2D eigenvalue weighted by Crippen LogP contribution is -2.49. The molecule has 0 aliphatic carbocycles. The van der Waals surface area contributed by atoms with Crippen LogP contribution in [0.1, 0.15) is 34.3 Å². The molecule has 6 heteroatoms. The topological polar surface area (TPSA) is 81.4 Å². The summed E-state index contributed by atoms with van der Waals surface area (Å²) in [5.74, 6) is -0.375. The van der Waals surface area contributed by atoms with Crippen LogP contribution in [0.4, 0.5) is 5.69 Å². The van der Waals surface area contributed by atoms with Gasteiger partial charge in [-0.3, -0.25) is 4.79 Å². The third-order valence-corrected chi connectivity index (χ3v) is 3.84. The number of benzene rings is 1. The van der Waals surface area contributed by atoms with Gasteiger partial charge < -0.3 is 14.6 Å². The van der Waals surface area contributed by atoms with Crippen LogP contribution in [0.2, 0.25) is 0 Å². The van der Waals surface area contributed by atoms with Gasteiger partial charge in [-0.2, -0.15) is 0 Å². The molecule has 1 N–H and O–H groups in total. The fraction of sp³-hybridized carbons (Fsp3) is 0.312. The molecule has 6 nitrogen and oxygen atoms in total. The van der Waals surface area contributed by atoms with Crippen molar-refractivity contribution in [2.24, 2.45) is 0 Å². The molecule has 0 bridgehead atoms. The number of nitrogens with one attached hydrogen (secondary N) is 1. The molecule has 1 unspecified atom stereocenters. The van der Waals surface area contributed by atoms with E-state index in [9.17, 15) is 9.59 Å². The number of esters is 1. The molecule has 3 rings (SSSR count). The zero-order valence-corrected chi connectivity index (χ0v) is 12.6. The van der Waals surface area contributed by atoms with E-state index in [0.717, 1.165) is 5.56 Å². The quantitative estimate of drug-likeness (QED) is 0.861. The maximum absolute atomic E-state index is 12.6. The molecule has 1 aromatic heterocycles. The first-order valence-corrected chi connectivity index (χ1v) is 6.96. The smallest absolute Gasteiger partial charge is 0.339 e. The van der Waals surface area contributed by atoms with Crippen LogP contribution in [0.3, 0.4) is 0 Å². The highest BCUT2D eigenvalue weighted by Crippen LogP contribution is 2.30. The lowest BCUT2D eigenvalue weighted by molar-refractivity contribution is -0.134. The maximum Gasteiger partial charge on any atom is 0.339 e. The lowest BCUT2D eigenvalue weighted by Gasteiger charge is -2.32. The Hall–Kier alpha value is -2.63. The highest BCUT2D eigenvalue weighted by Gasteiger charge is 2.43. The fourth-order valence-corrected chi connectivity index (χ4v) is 2.57. The summed E-state index contributed by atoms with van der Waals surface area (Å²) >= 11 is 0. The van der Waals surface area contributed by atoms with Crippen molar-refractivity contribution in [3.05, 3.63) is 46.8 Å². The second-order valence-electron chi connectivity index (χ2n) is 5.61. The number of carbonyl (C=O) groups is 2. The normalized spacial score (nSPS) is 20.2. The summed E-state index contributed by atoms with van der Waals surface area (Å²) in [4.78, 5) is 24.7. The molecule has 0 radical (unpaired) electrons. The third-order valence-electron chi connectivity index (χ3n) is 3.84. The standard InChI is InChI=1S/C16H16N2O4/c1-9-13(10(2)22-18-9)17-15(20)16(3)8-11-6-4-5-7-12(11)14(19)21-16/h4-7H,8H2,1-3H3,(H,17,20). The largest absolute Gasteiger partial charge is 0.445 e. The fourth-order valence-electron chi connectivity index (χ4n) is 2.57. The molecular formula is C16H16N2O4. The van der Waals surface area contributed by atoms with E-state index >= 15 is 0 Å².